The molecule has 114 valence electrons. The maximum absolute atomic E-state index is 9.95. The van der Waals surface area contributed by atoms with Gasteiger partial charge in [0.25, 0.3) is 0 Å². The van der Waals surface area contributed by atoms with Gasteiger partial charge < -0.3 is 10.8 Å². The zero-order valence-corrected chi connectivity index (χ0v) is 13.2. The highest BCUT2D eigenvalue weighted by Crippen LogP contribution is 2.60. The van der Waals surface area contributed by atoms with Crippen molar-refractivity contribution in [1.82, 2.24) is 0 Å². The number of aliphatic hydroxyl groups is 1. The van der Waals surface area contributed by atoms with Crippen molar-refractivity contribution in [1.29, 1.82) is 0 Å². The molecule has 3 N–H and O–H groups in total. The Hall–Kier alpha value is -0.860. The topological polar surface area (TPSA) is 46.2 Å². The van der Waals surface area contributed by atoms with Gasteiger partial charge >= 0.3 is 0 Å². The van der Waals surface area contributed by atoms with Crippen molar-refractivity contribution in [3.05, 3.63) is 35.5 Å². The number of aliphatic hydroxyl groups excluding tert-OH is 1. The van der Waals surface area contributed by atoms with Crippen molar-refractivity contribution in [2.24, 2.45) is 28.4 Å². The minimum absolute atomic E-state index is 0.175. The molecule has 0 saturated heterocycles. The molecule has 21 heavy (non-hydrogen) atoms. The molecule has 0 fully saturated rings. The predicted octanol–water partition coefficient (Wildman–Crippen LogP) is 3.33. The third-order valence-electron chi connectivity index (χ3n) is 7.11. The maximum Gasteiger partial charge on any atom is 0.0724 e. The van der Waals surface area contributed by atoms with E-state index in [0.717, 1.165) is 6.42 Å². The van der Waals surface area contributed by atoms with Crippen LogP contribution < -0.4 is 5.73 Å². The molecule has 0 radical (unpaired) electrons. The summed E-state index contributed by atoms with van der Waals surface area (Å²) in [5.74, 6) is 1.16. The molecule has 2 heteroatoms. The van der Waals surface area contributed by atoms with Gasteiger partial charge in [-0.05, 0) is 43.4 Å². The van der Waals surface area contributed by atoms with Gasteiger partial charge in [-0.25, -0.2) is 0 Å². The molecule has 0 spiro atoms. The number of nitrogens with two attached hydrogens (primary N) is 1. The van der Waals surface area contributed by atoms with E-state index in [1.54, 1.807) is 11.1 Å². The summed E-state index contributed by atoms with van der Waals surface area (Å²) in [4.78, 5) is 0. The van der Waals surface area contributed by atoms with Crippen LogP contribution in [0.1, 0.15) is 46.0 Å². The first-order chi connectivity index (χ1) is 9.95. The number of hydrogen-bond donors (Lipinski definition) is 2. The van der Waals surface area contributed by atoms with Gasteiger partial charge in [0.2, 0.25) is 0 Å². The highest BCUT2D eigenvalue weighted by atomic mass is 16.3. The van der Waals surface area contributed by atoms with Crippen LogP contribution in [0.15, 0.2) is 35.5 Å². The fraction of sp³-hybridized carbons (Fsp3) is 0.684. The van der Waals surface area contributed by atoms with E-state index in [9.17, 15) is 5.11 Å². The molecule has 0 saturated carbocycles. The third-order valence-corrected chi connectivity index (χ3v) is 7.11. The minimum atomic E-state index is -0.237. The van der Waals surface area contributed by atoms with Crippen LogP contribution in [0.25, 0.3) is 0 Å². The van der Waals surface area contributed by atoms with Crippen LogP contribution in [0.2, 0.25) is 0 Å². The Balaban J connectivity index is 1.80. The smallest absolute Gasteiger partial charge is 0.0724 e. The van der Waals surface area contributed by atoms with Crippen LogP contribution in [0, 0.1) is 22.7 Å². The first-order valence-electron chi connectivity index (χ1n) is 8.49. The lowest BCUT2D eigenvalue weighted by atomic mass is 9.53. The van der Waals surface area contributed by atoms with E-state index in [2.05, 4.69) is 32.1 Å². The second-order valence-corrected chi connectivity index (χ2v) is 8.08. The van der Waals surface area contributed by atoms with Gasteiger partial charge in [0.15, 0.2) is 0 Å². The van der Waals surface area contributed by atoms with Crippen LogP contribution >= 0.6 is 0 Å². The van der Waals surface area contributed by atoms with Gasteiger partial charge in [0, 0.05) is 17.4 Å². The lowest BCUT2D eigenvalue weighted by molar-refractivity contribution is 0.106. The van der Waals surface area contributed by atoms with Crippen molar-refractivity contribution in [3.63, 3.8) is 0 Å². The summed E-state index contributed by atoms with van der Waals surface area (Å²) in [7, 11) is 0. The van der Waals surface area contributed by atoms with Gasteiger partial charge in [-0.1, -0.05) is 49.3 Å². The molecule has 0 aromatic carbocycles. The maximum atomic E-state index is 9.95. The summed E-state index contributed by atoms with van der Waals surface area (Å²) in [5, 5.41) is 9.95. The van der Waals surface area contributed by atoms with Gasteiger partial charge in [0.05, 0.1) is 6.10 Å². The molecular formula is C19H27NO. The minimum Gasteiger partial charge on any atom is -0.389 e. The van der Waals surface area contributed by atoms with Crippen molar-refractivity contribution < 1.29 is 5.11 Å². The standard InChI is InChI=1S/C19H27NO/c1-18-9-7-13(21)11-12(18)3-4-14-15-5-6-17(20)19(15,2)10-8-16(14)18/h5-7,9,12-13,15,17,21H,3-4,8,10-11,20H2,1-2H3/t12?,13-,15-,17-,18-,19-/m0/s1. The second-order valence-electron chi connectivity index (χ2n) is 8.08. The fourth-order valence-electron chi connectivity index (χ4n) is 5.53. The monoisotopic (exact) mass is 285 g/mol. The molecule has 0 aliphatic heterocycles. The summed E-state index contributed by atoms with van der Waals surface area (Å²) in [6, 6.07) is 0.214. The van der Waals surface area contributed by atoms with E-state index >= 15 is 0 Å². The van der Waals surface area contributed by atoms with Gasteiger partial charge in [0.1, 0.15) is 0 Å². The third kappa shape index (κ3) is 1.72. The molecule has 0 aromatic rings. The summed E-state index contributed by atoms with van der Waals surface area (Å²) in [6.45, 7) is 4.77. The lowest BCUT2D eigenvalue weighted by Crippen LogP contribution is -2.46. The quantitative estimate of drug-likeness (QED) is 0.671. The Morgan fingerprint density at radius 2 is 2.00 bits per heavy atom. The summed E-state index contributed by atoms with van der Waals surface area (Å²) >= 11 is 0. The molecule has 1 unspecified atom stereocenters. The summed E-state index contributed by atoms with van der Waals surface area (Å²) in [5.41, 5.74) is 10.1. The van der Waals surface area contributed by atoms with Crippen molar-refractivity contribution in [3.8, 4) is 0 Å². The van der Waals surface area contributed by atoms with E-state index in [1.807, 2.05) is 6.08 Å². The first-order valence-corrected chi connectivity index (χ1v) is 8.49. The lowest BCUT2D eigenvalue weighted by Gasteiger charge is -2.52. The van der Waals surface area contributed by atoms with Crippen LogP contribution in [0.5, 0.6) is 0 Å². The predicted molar refractivity (Wildman–Crippen MR) is 85.6 cm³/mol. The van der Waals surface area contributed by atoms with E-state index < -0.39 is 0 Å². The Kier molecular flexibility index (Phi) is 2.84. The zero-order valence-electron chi connectivity index (χ0n) is 13.2. The Bertz CT molecular complexity index is 560. The van der Waals surface area contributed by atoms with Gasteiger partial charge in [-0.2, -0.15) is 0 Å². The highest BCUT2D eigenvalue weighted by molar-refractivity contribution is 5.41. The number of allylic oxidation sites excluding steroid dienone is 4. The molecule has 0 amide bonds. The molecule has 4 aliphatic carbocycles. The van der Waals surface area contributed by atoms with Crippen molar-refractivity contribution in [2.45, 2.75) is 58.1 Å². The van der Waals surface area contributed by atoms with Crippen molar-refractivity contribution >= 4 is 0 Å². The van der Waals surface area contributed by atoms with E-state index in [4.69, 9.17) is 5.73 Å². The molecule has 2 nitrogen and oxygen atoms in total. The molecular weight excluding hydrogens is 258 g/mol. The normalized spacial score (nSPS) is 51.6. The number of hydrogen-bond acceptors (Lipinski definition) is 2. The number of fused-ring (bicyclic) bond motifs is 4. The Morgan fingerprint density at radius 3 is 2.81 bits per heavy atom. The highest BCUT2D eigenvalue weighted by Gasteiger charge is 2.51. The average molecular weight is 285 g/mol. The number of rotatable bonds is 0. The molecule has 0 heterocycles. The molecule has 4 rings (SSSR count). The van der Waals surface area contributed by atoms with Gasteiger partial charge in [-0.3, -0.25) is 0 Å². The van der Waals surface area contributed by atoms with E-state index in [1.165, 1.54) is 25.7 Å². The van der Waals surface area contributed by atoms with Crippen molar-refractivity contribution in [2.75, 3.05) is 0 Å². The molecule has 4 aliphatic rings. The first kappa shape index (κ1) is 13.8. The van der Waals surface area contributed by atoms with Crippen LogP contribution in [0.3, 0.4) is 0 Å². The Morgan fingerprint density at radius 1 is 1.19 bits per heavy atom. The zero-order chi connectivity index (χ0) is 14.8. The van der Waals surface area contributed by atoms with Gasteiger partial charge in [-0.15, -0.1) is 0 Å². The molecule has 0 bridgehead atoms. The SMILES string of the molecule is C[C@]12CCC3=C(CCC4C[C@@H](O)C=C[C@]34C)[C@@H]1C=C[C@@H]2N. The van der Waals surface area contributed by atoms with E-state index in [-0.39, 0.29) is 23.0 Å². The molecule has 0 aromatic heterocycles. The summed E-state index contributed by atoms with van der Waals surface area (Å²) < 4.78 is 0. The average Bonchev–Trinajstić information content (AvgIpc) is 2.76. The molecule has 6 atom stereocenters. The van der Waals surface area contributed by atoms with E-state index in [0.29, 0.717) is 11.8 Å². The van der Waals surface area contributed by atoms with Crippen LogP contribution in [0.4, 0.5) is 0 Å². The summed E-state index contributed by atoms with van der Waals surface area (Å²) in [6.07, 6.45) is 14.4. The largest absolute Gasteiger partial charge is 0.389 e. The van der Waals surface area contributed by atoms with Crippen LogP contribution in [-0.4, -0.2) is 17.3 Å². The second kappa shape index (κ2) is 4.33. The van der Waals surface area contributed by atoms with Crippen LogP contribution in [-0.2, 0) is 0 Å². The fourth-order valence-corrected chi connectivity index (χ4v) is 5.53. The Labute approximate surface area is 127 Å².